The van der Waals surface area contributed by atoms with Gasteiger partial charge in [-0.15, -0.1) is 0 Å². The lowest BCUT2D eigenvalue weighted by molar-refractivity contribution is -0.124. The van der Waals surface area contributed by atoms with Crippen LogP contribution in [0.15, 0.2) is 42.7 Å². The second-order valence-corrected chi connectivity index (χ2v) is 6.54. The van der Waals surface area contributed by atoms with Crippen molar-refractivity contribution in [3.05, 3.63) is 54.0 Å². The third-order valence-electron chi connectivity index (χ3n) is 4.37. The summed E-state index contributed by atoms with van der Waals surface area (Å²) in [4.78, 5) is 21.8. The number of aromatic nitrogens is 2. The van der Waals surface area contributed by atoms with Gasteiger partial charge < -0.3 is 10.1 Å². The average Bonchev–Trinajstić information content (AvgIpc) is 3.23. The van der Waals surface area contributed by atoms with Gasteiger partial charge in [0.05, 0.1) is 24.6 Å². The first kappa shape index (κ1) is 19.8. The Bertz CT molecular complexity index is 789. The standard InChI is InChI=1S/C20H25N5O3/c26-20(24-27)7-6-17-13-23-19(14-22-17)21-8-11-28-18-5-3-4-16(12-18)15-25-9-1-2-10-25/h3-7,12-14,27H,1-2,8-11,15H2,(H,21,23)(H,24,26). The number of hydroxylamine groups is 1. The fourth-order valence-corrected chi connectivity index (χ4v) is 2.99. The lowest BCUT2D eigenvalue weighted by Gasteiger charge is -2.15. The van der Waals surface area contributed by atoms with Crippen molar-refractivity contribution in [1.29, 1.82) is 0 Å². The molecule has 3 rings (SSSR count). The fraction of sp³-hybridized carbons (Fsp3) is 0.350. The molecule has 0 saturated carbocycles. The van der Waals surface area contributed by atoms with Gasteiger partial charge in [0, 0.05) is 12.6 Å². The quantitative estimate of drug-likeness (QED) is 0.264. The number of hydrogen-bond donors (Lipinski definition) is 3. The van der Waals surface area contributed by atoms with Crippen LogP contribution in [0.1, 0.15) is 24.1 Å². The van der Waals surface area contributed by atoms with E-state index in [9.17, 15) is 4.79 Å². The molecule has 1 aromatic carbocycles. The molecule has 1 aliphatic heterocycles. The first-order valence-corrected chi connectivity index (χ1v) is 9.35. The molecule has 8 nitrogen and oxygen atoms in total. The number of likely N-dealkylation sites (tertiary alicyclic amines) is 1. The Hall–Kier alpha value is -2.97. The molecule has 0 aliphatic carbocycles. The van der Waals surface area contributed by atoms with Crippen LogP contribution < -0.4 is 15.5 Å². The number of ether oxygens (including phenoxy) is 1. The largest absolute Gasteiger partial charge is 0.492 e. The molecule has 148 valence electrons. The van der Waals surface area contributed by atoms with Crippen molar-refractivity contribution in [2.24, 2.45) is 0 Å². The van der Waals surface area contributed by atoms with Gasteiger partial charge >= 0.3 is 0 Å². The van der Waals surface area contributed by atoms with Gasteiger partial charge in [0.25, 0.3) is 5.91 Å². The van der Waals surface area contributed by atoms with E-state index < -0.39 is 5.91 Å². The van der Waals surface area contributed by atoms with Gasteiger partial charge in [0.2, 0.25) is 0 Å². The summed E-state index contributed by atoms with van der Waals surface area (Å²) in [6.07, 6.45) is 8.32. The van der Waals surface area contributed by atoms with E-state index in [1.54, 1.807) is 6.20 Å². The lowest BCUT2D eigenvalue weighted by Crippen LogP contribution is -2.18. The first-order valence-electron chi connectivity index (χ1n) is 9.35. The summed E-state index contributed by atoms with van der Waals surface area (Å²) in [6, 6.07) is 8.24. The Balaban J connectivity index is 1.40. The number of amides is 1. The Morgan fingerprint density at radius 2 is 2.11 bits per heavy atom. The number of rotatable bonds is 9. The van der Waals surface area contributed by atoms with Crippen LogP contribution in [0.25, 0.3) is 6.08 Å². The average molecular weight is 383 g/mol. The number of benzene rings is 1. The number of carbonyl (C=O) groups is 1. The maximum atomic E-state index is 10.9. The van der Waals surface area contributed by atoms with Crippen molar-refractivity contribution in [1.82, 2.24) is 20.3 Å². The first-order chi connectivity index (χ1) is 13.7. The summed E-state index contributed by atoms with van der Waals surface area (Å²) in [7, 11) is 0. The summed E-state index contributed by atoms with van der Waals surface area (Å²) in [6.45, 7) is 4.44. The molecule has 1 fully saturated rings. The Kier molecular flexibility index (Phi) is 7.34. The van der Waals surface area contributed by atoms with E-state index in [1.807, 2.05) is 12.1 Å². The van der Waals surface area contributed by atoms with Crippen LogP contribution in [0, 0.1) is 0 Å². The molecular formula is C20H25N5O3. The van der Waals surface area contributed by atoms with Crippen LogP contribution in [0.3, 0.4) is 0 Å². The van der Waals surface area contributed by atoms with Crippen molar-refractivity contribution in [3.8, 4) is 5.75 Å². The van der Waals surface area contributed by atoms with Gasteiger partial charge in [-0.3, -0.25) is 19.9 Å². The van der Waals surface area contributed by atoms with E-state index in [4.69, 9.17) is 9.94 Å². The smallest absolute Gasteiger partial charge is 0.267 e. The topological polar surface area (TPSA) is 99.6 Å². The molecule has 3 N–H and O–H groups in total. The monoisotopic (exact) mass is 383 g/mol. The minimum Gasteiger partial charge on any atom is -0.492 e. The zero-order valence-corrected chi connectivity index (χ0v) is 15.7. The molecule has 0 atom stereocenters. The predicted molar refractivity (Wildman–Crippen MR) is 106 cm³/mol. The van der Waals surface area contributed by atoms with Gasteiger partial charge in [-0.25, -0.2) is 10.5 Å². The third kappa shape index (κ3) is 6.33. The molecule has 1 aliphatic rings. The molecule has 0 radical (unpaired) electrons. The minimum absolute atomic E-state index is 0.507. The number of carbonyl (C=O) groups excluding carboxylic acids is 1. The van der Waals surface area contributed by atoms with Crippen LogP contribution in [0.4, 0.5) is 5.82 Å². The molecule has 1 amide bonds. The van der Waals surface area contributed by atoms with Gasteiger partial charge in [-0.1, -0.05) is 12.1 Å². The summed E-state index contributed by atoms with van der Waals surface area (Å²) in [5.41, 5.74) is 3.30. The summed E-state index contributed by atoms with van der Waals surface area (Å²) >= 11 is 0. The highest BCUT2D eigenvalue weighted by molar-refractivity contribution is 5.90. The third-order valence-corrected chi connectivity index (χ3v) is 4.37. The molecule has 1 aromatic heterocycles. The van der Waals surface area contributed by atoms with Gasteiger partial charge in [0.1, 0.15) is 18.2 Å². The van der Waals surface area contributed by atoms with Gasteiger partial charge in [-0.2, -0.15) is 0 Å². The second-order valence-electron chi connectivity index (χ2n) is 6.54. The van der Waals surface area contributed by atoms with Crippen LogP contribution in [0.2, 0.25) is 0 Å². The molecule has 8 heteroatoms. The zero-order valence-electron chi connectivity index (χ0n) is 15.7. The highest BCUT2D eigenvalue weighted by Crippen LogP contribution is 2.17. The normalized spacial score (nSPS) is 14.3. The van der Waals surface area contributed by atoms with E-state index in [0.29, 0.717) is 24.7 Å². The zero-order chi connectivity index (χ0) is 19.6. The van der Waals surface area contributed by atoms with Crippen LogP contribution in [-0.2, 0) is 11.3 Å². The van der Waals surface area contributed by atoms with Crippen LogP contribution in [-0.4, -0.2) is 52.2 Å². The van der Waals surface area contributed by atoms with Crippen molar-refractivity contribution in [2.45, 2.75) is 19.4 Å². The summed E-state index contributed by atoms with van der Waals surface area (Å²) < 4.78 is 5.83. The molecule has 2 heterocycles. The summed E-state index contributed by atoms with van der Waals surface area (Å²) in [5.74, 6) is 0.869. The van der Waals surface area contributed by atoms with Crippen molar-refractivity contribution in [2.75, 3.05) is 31.6 Å². The fourth-order valence-electron chi connectivity index (χ4n) is 2.99. The maximum Gasteiger partial charge on any atom is 0.267 e. The van der Waals surface area contributed by atoms with Gasteiger partial charge in [-0.05, 0) is 49.7 Å². The predicted octanol–water partition coefficient (Wildman–Crippen LogP) is 2.08. The molecule has 0 bridgehead atoms. The Morgan fingerprint density at radius 3 is 2.86 bits per heavy atom. The van der Waals surface area contributed by atoms with E-state index in [1.165, 1.54) is 55.3 Å². The molecule has 0 spiro atoms. The molecule has 2 aromatic rings. The van der Waals surface area contributed by atoms with E-state index in [2.05, 4.69) is 32.3 Å². The number of nitrogens with zero attached hydrogens (tertiary/aromatic N) is 3. The lowest BCUT2D eigenvalue weighted by atomic mass is 10.2. The second kappa shape index (κ2) is 10.4. The highest BCUT2D eigenvalue weighted by Gasteiger charge is 2.11. The number of nitrogens with one attached hydrogen (secondary N) is 2. The van der Waals surface area contributed by atoms with Crippen molar-refractivity contribution < 1.29 is 14.7 Å². The SMILES string of the molecule is O=C(C=Cc1cnc(NCCOc2cccc(CN3CCCC3)c2)cn1)NO. The number of hydrogen-bond acceptors (Lipinski definition) is 7. The van der Waals surface area contributed by atoms with E-state index >= 15 is 0 Å². The van der Waals surface area contributed by atoms with Crippen LogP contribution >= 0.6 is 0 Å². The molecule has 0 unspecified atom stereocenters. The minimum atomic E-state index is -0.620. The van der Waals surface area contributed by atoms with E-state index in [0.717, 1.165) is 12.3 Å². The van der Waals surface area contributed by atoms with Crippen LogP contribution in [0.5, 0.6) is 5.75 Å². The van der Waals surface area contributed by atoms with E-state index in [-0.39, 0.29) is 0 Å². The molecule has 28 heavy (non-hydrogen) atoms. The van der Waals surface area contributed by atoms with Gasteiger partial charge in [0.15, 0.2) is 0 Å². The Labute approximate surface area is 164 Å². The van der Waals surface area contributed by atoms with Crippen molar-refractivity contribution in [3.63, 3.8) is 0 Å². The Morgan fingerprint density at radius 1 is 1.25 bits per heavy atom. The van der Waals surface area contributed by atoms with Crippen molar-refractivity contribution >= 4 is 17.8 Å². The maximum absolute atomic E-state index is 10.9. The highest BCUT2D eigenvalue weighted by atomic mass is 16.5. The number of anilines is 1. The molecular weight excluding hydrogens is 358 g/mol. The molecule has 1 saturated heterocycles. The summed E-state index contributed by atoms with van der Waals surface area (Å²) in [5, 5.41) is 11.6.